The van der Waals surface area contributed by atoms with Gasteiger partial charge >= 0.3 is 0 Å². The number of rotatable bonds is 2. The number of aryl methyl sites for hydroxylation is 1. The Hall–Kier alpha value is -1.38. The summed E-state index contributed by atoms with van der Waals surface area (Å²) in [7, 11) is 0. The number of anilines is 1. The number of carbonyl (C=O) groups excluding carboxylic acids is 1. The van der Waals surface area contributed by atoms with E-state index in [-0.39, 0.29) is 17.1 Å². The quantitative estimate of drug-likeness (QED) is 0.830. The van der Waals surface area contributed by atoms with E-state index in [4.69, 9.17) is 0 Å². The van der Waals surface area contributed by atoms with Crippen LogP contribution in [-0.4, -0.2) is 5.91 Å². The maximum atomic E-state index is 13.0. The Kier molecular flexibility index (Phi) is 4.27. The van der Waals surface area contributed by atoms with E-state index in [1.54, 1.807) is 19.1 Å². The molecule has 1 aromatic carbocycles. The molecule has 1 saturated carbocycles. The largest absolute Gasteiger partial charge is 0.326 e. The monoisotopic (exact) mass is 237 g/mol. The number of amides is 1. The average Bonchev–Trinajstić information content (AvgIpc) is 3.06. The normalized spacial score (nSPS) is 15.6. The topological polar surface area (TPSA) is 29.1 Å². The molecule has 0 saturated heterocycles. The Morgan fingerprint density at radius 2 is 1.94 bits per heavy atom. The van der Waals surface area contributed by atoms with Crippen molar-refractivity contribution in [3.63, 3.8) is 0 Å². The second-order valence-corrected chi connectivity index (χ2v) is 4.48. The predicted octanol–water partition coefficient (Wildman–Crippen LogP) is 3.90. The number of halogens is 1. The highest BCUT2D eigenvalue weighted by Crippen LogP contribution is 2.45. The first kappa shape index (κ1) is 13.7. The van der Waals surface area contributed by atoms with Crippen molar-refractivity contribution in [1.82, 2.24) is 0 Å². The van der Waals surface area contributed by atoms with E-state index >= 15 is 0 Å². The van der Waals surface area contributed by atoms with Crippen molar-refractivity contribution in [1.29, 1.82) is 0 Å². The van der Waals surface area contributed by atoms with Crippen LogP contribution in [0.3, 0.4) is 0 Å². The van der Waals surface area contributed by atoms with Crippen molar-refractivity contribution in [3.05, 3.63) is 29.6 Å². The predicted molar refractivity (Wildman–Crippen MR) is 68.5 cm³/mol. The third kappa shape index (κ3) is 3.29. The van der Waals surface area contributed by atoms with E-state index in [1.165, 1.54) is 6.07 Å². The van der Waals surface area contributed by atoms with Crippen molar-refractivity contribution in [2.45, 2.75) is 40.5 Å². The summed E-state index contributed by atoms with van der Waals surface area (Å²) in [6.45, 7) is 7.63. The number of hydrogen-bond acceptors (Lipinski definition) is 1. The minimum absolute atomic E-state index is 0.0357. The lowest BCUT2D eigenvalue weighted by molar-refractivity contribution is -0.120. The fraction of sp³-hybridized carbons (Fsp3) is 0.500. The first-order valence-corrected chi connectivity index (χ1v) is 6.09. The van der Waals surface area contributed by atoms with Crippen molar-refractivity contribution in [3.8, 4) is 0 Å². The zero-order valence-corrected chi connectivity index (χ0v) is 10.9. The molecular weight excluding hydrogens is 217 g/mol. The summed E-state index contributed by atoms with van der Waals surface area (Å²) in [5.41, 5.74) is 1.03. The van der Waals surface area contributed by atoms with Gasteiger partial charge in [0.05, 0.1) is 0 Å². The maximum absolute atomic E-state index is 13.0. The van der Waals surface area contributed by atoms with Gasteiger partial charge in [0.25, 0.3) is 0 Å². The number of benzene rings is 1. The molecular formula is C14H20FNO. The molecule has 0 atom stereocenters. The maximum Gasteiger partial charge on any atom is 0.230 e. The van der Waals surface area contributed by atoms with E-state index in [1.807, 2.05) is 20.8 Å². The number of carbonyl (C=O) groups is 1. The lowest BCUT2D eigenvalue weighted by Crippen LogP contribution is -2.21. The van der Waals surface area contributed by atoms with E-state index in [9.17, 15) is 9.18 Å². The summed E-state index contributed by atoms with van der Waals surface area (Å²) in [5, 5.41) is 2.81. The second kappa shape index (κ2) is 5.30. The highest BCUT2D eigenvalue weighted by molar-refractivity contribution is 5.96. The molecule has 0 radical (unpaired) electrons. The molecule has 2 rings (SSSR count). The summed E-state index contributed by atoms with van der Waals surface area (Å²) in [6.07, 6.45) is 1.89. The third-order valence-corrected chi connectivity index (χ3v) is 2.96. The van der Waals surface area contributed by atoms with Crippen LogP contribution in [0, 0.1) is 18.2 Å². The van der Waals surface area contributed by atoms with E-state index < -0.39 is 0 Å². The highest BCUT2D eigenvalue weighted by atomic mass is 19.1. The third-order valence-electron chi connectivity index (χ3n) is 2.96. The van der Waals surface area contributed by atoms with Crippen LogP contribution in [0.5, 0.6) is 0 Å². The molecule has 1 amide bonds. The molecule has 1 aliphatic carbocycles. The lowest BCUT2D eigenvalue weighted by atomic mass is 10.1. The van der Waals surface area contributed by atoms with Crippen LogP contribution in [-0.2, 0) is 4.79 Å². The SMILES string of the molecule is CC.Cc1cc(NC(=O)C2(C)CC2)ccc1F. The molecule has 17 heavy (non-hydrogen) atoms. The Labute approximate surface area is 102 Å². The van der Waals surface area contributed by atoms with Gasteiger partial charge in [-0.3, -0.25) is 4.79 Å². The van der Waals surface area contributed by atoms with Gasteiger partial charge in [-0.1, -0.05) is 20.8 Å². The average molecular weight is 237 g/mol. The van der Waals surface area contributed by atoms with E-state index in [0.717, 1.165) is 12.8 Å². The van der Waals surface area contributed by atoms with Gasteiger partial charge in [0, 0.05) is 11.1 Å². The molecule has 0 bridgehead atoms. The molecule has 0 spiro atoms. The lowest BCUT2D eigenvalue weighted by Gasteiger charge is -2.10. The Morgan fingerprint density at radius 3 is 2.41 bits per heavy atom. The molecule has 1 fully saturated rings. The van der Waals surface area contributed by atoms with Crippen molar-refractivity contribution in [2.24, 2.45) is 5.41 Å². The van der Waals surface area contributed by atoms with Gasteiger partial charge in [0.15, 0.2) is 0 Å². The number of hydrogen-bond donors (Lipinski definition) is 1. The molecule has 3 heteroatoms. The van der Waals surface area contributed by atoms with Gasteiger partial charge in [-0.05, 0) is 43.5 Å². The van der Waals surface area contributed by atoms with E-state index in [0.29, 0.717) is 11.3 Å². The van der Waals surface area contributed by atoms with Gasteiger partial charge in [-0.2, -0.15) is 0 Å². The first-order valence-electron chi connectivity index (χ1n) is 6.09. The van der Waals surface area contributed by atoms with Gasteiger partial charge in [-0.25, -0.2) is 4.39 Å². The molecule has 94 valence electrons. The highest BCUT2D eigenvalue weighted by Gasteiger charge is 2.44. The van der Waals surface area contributed by atoms with Crippen LogP contribution in [0.25, 0.3) is 0 Å². The second-order valence-electron chi connectivity index (χ2n) is 4.48. The molecule has 1 N–H and O–H groups in total. The molecule has 0 unspecified atom stereocenters. The van der Waals surface area contributed by atoms with Crippen LogP contribution < -0.4 is 5.32 Å². The van der Waals surface area contributed by atoms with Crippen LogP contribution in [0.15, 0.2) is 18.2 Å². The minimum Gasteiger partial charge on any atom is -0.326 e. The van der Waals surface area contributed by atoms with Gasteiger partial charge in [-0.15, -0.1) is 0 Å². The van der Waals surface area contributed by atoms with Crippen LogP contribution in [0.4, 0.5) is 10.1 Å². The summed E-state index contributed by atoms with van der Waals surface area (Å²) in [4.78, 5) is 11.7. The Bertz CT molecular complexity index is 411. The molecule has 1 aromatic rings. The number of nitrogens with one attached hydrogen (secondary N) is 1. The van der Waals surface area contributed by atoms with Crippen molar-refractivity contribution in [2.75, 3.05) is 5.32 Å². The first-order chi connectivity index (χ1) is 8.01. The smallest absolute Gasteiger partial charge is 0.230 e. The van der Waals surface area contributed by atoms with Crippen molar-refractivity contribution >= 4 is 11.6 Å². The minimum atomic E-state index is -0.245. The Morgan fingerprint density at radius 1 is 1.35 bits per heavy atom. The van der Waals surface area contributed by atoms with Crippen LogP contribution in [0.1, 0.15) is 39.2 Å². The van der Waals surface area contributed by atoms with E-state index in [2.05, 4.69) is 5.32 Å². The summed E-state index contributed by atoms with van der Waals surface area (Å²) >= 11 is 0. The van der Waals surface area contributed by atoms with Gasteiger partial charge < -0.3 is 5.32 Å². The molecule has 0 heterocycles. The summed E-state index contributed by atoms with van der Waals surface area (Å²) in [5.74, 6) is -0.209. The Balaban J connectivity index is 0.000000686. The molecule has 0 aromatic heterocycles. The fourth-order valence-corrected chi connectivity index (χ4v) is 1.42. The zero-order valence-electron chi connectivity index (χ0n) is 10.9. The fourth-order valence-electron chi connectivity index (χ4n) is 1.42. The standard InChI is InChI=1S/C12H14FNO.C2H6/c1-8-7-9(3-4-10(8)13)14-11(15)12(2)5-6-12;1-2/h3-4,7H,5-6H2,1-2H3,(H,14,15);1-2H3. The molecule has 1 aliphatic rings. The molecule has 0 aliphatic heterocycles. The van der Waals surface area contributed by atoms with Gasteiger partial charge in [0.2, 0.25) is 5.91 Å². The van der Waals surface area contributed by atoms with Crippen molar-refractivity contribution < 1.29 is 9.18 Å². The van der Waals surface area contributed by atoms with Gasteiger partial charge in [0.1, 0.15) is 5.82 Å². The summed E-state index contributed by atoms with van der Waals surface area (Å²) < 4.78 is 13.0. The van der Waals surface area contributed by atoms with Crippen LogP contribution >= 0.6 is 0 Å². The zero-order chi connectivity index (χ0) is 13.1. The van der Waals surface area contributed by atoms with Crippen LogP contribution in [0.2, 0.25) is 0 Å². The molecule has 2 nitrogen and oxygen atoms in total. The summed E-state index contributed by atoms with van der Waals surface area (Å²) in [6, 6.07) is 4.62.